The minimum absolute atomic E-state index is 0.0574. The molecule has 1 aromatic heterocycles. The van der Waals surface area contributed by atoms with Crippen LogP contribution in [0.5, 0.6) is 0 Å². The second kappa shape index (κ2) is 5.96. The van der Waals surface area contributed by atoms with E-state index in [1.165, 1.54) is 18.5 Å². The second-order valence-corrected chi connectivity index (χ2v) is 5.12. The number of nitriles is 2. The summed E-state index contributed by atoms with van der Waals surface area (Å²) in [6.45, 7) is -0.762. The number of sulfonamides is 1. The zero-order valence-corrected chi connectivity index (χ0v) is 10.5. The first-order valence-electron chi connectivity index (χ1n) is 4.93. The number of pyridine rings is 1. The van der Waals surface area contributed by atoms with Crippen molar-refractivity contribution in [2.75, 3.05) is 25.5 Å². The number of rotatable bonds is 5. The second-order valence-electron chi connectivity index (χ2n) is 3.21. The highest BCUT2D eigenvalue weighted by atomic mass is 32.2. The Labute approximate surface area is 105 Å². The molecule has 1 aromatic rings. The van der Waals surface area contributed by atoms with E-state index >= 15 is 0 Å². The third-order valence-electron chi connectivity index (χ3n) is 2.17. The van der Waals surface area contributed by atoms with E-state index in [1.807, 2.05) is 0 Å². The van der Waals surface area contributed by atoms with Crippen LogP contribution in [-0.4, -0.2) is 37.8 Å². The van der Waals surface area contributed by atoms with Gasteiger partial charge in [-0.15, -0.1) is 0 Å². The van der Waals surface area contributed by atoms with Gasteiger partial charge in [-0.1, -0.05) is 0 Å². The quantitative estimate of drug-likeness (QED) is 0.759. The van der Waals surface area contributed by atoms with E-state index in [9.17, 15) is 8.42 Å². The van der Waals surface area contributed by atoms with Crippen LogP contribution in [0.3, 0.4) is 0 Å². The summed E-state index contributed by atoms with van der Waals surface area (Å²) in [5.74, 6) is 0. The average molecular weight is 265 g/mol. The maximum Gasteiger partial charge on any atom is 0.248 e. The Kier molecular flexibility index (Phi) is 4.60. The summed E-state index contributed by atoms with van der Waals surface area (Å²) in [7, 11) is -2.33. The zero-order chi connectivity index (χ0) is 13.6. The smallest absolute Gasteiger partial charge is 0.248 e. The van der Waals surface area contributed by atoms with Crippen LogP contribution in [0, 0.1) is 22.7 Å². The average Bonchev–Trinajstić information content (AvgIpc) is 2.38. The summed E-state index contributed by atoms with van der Waals surface area (Å²) >= 11 is 0. The fourth-order valence-electron chi connectivity index (χ4n) is 1.31. The van der Waals surface area contributed by atoms with Crippen LogP contribution in [-0.2, 0) is 10.0 Å². The van der Waals surface area contributed by atoms with Gasteiger partial charge in [0.25, 0.3) is 0 Å². The number of aromatic nitrogens is 1. The number of nitrogens with one attached hydrogen (secondary N) is 1. The highest BCUT2D eigenvalue weighted by Gasteiger charge is 2.26. The first-order valence-corrected chi connectivity index (χ1v) is 6.37. The molecule has 0 fully saturated rings. The van der Waals surface area contributed by atoms with Crippen molar-refractivity contribution >= 4 is 15.7 Å². The molecule has 0 unspecified atom stereocenters. The molecular formula is C10H11N5O2S. The molecule has 1 rings (SSSR count). The molecule has 0 saturated carbocycles. The van der Waals surface area contributed by atoms with Gasteiger partial charge in [-0.25, -0.2) is 8.42 Å². The van der Waals surface area contributed by atoms with Gasteiger partial charge in [0.15, 0.2) is 0 Å². The molecule has 0 spiro atoms. The van der Waals surface area contributed by atoms with Crippen molar-refractivity contribution in [2.24, 2.45) is 0 Å². The molecule has 0 bridgehead atoms. The van der Waals surface area contributed by atoms with Crippen molar-refractivity contribution in [3.05, 3.63) is 18.5 Å². The van der Waals surface area contributed by atoms with Crippen LogP contribution in [0.1, 0.15) is 0 Å². The molecule has 1 heterocycles. The zero-order valence-electron chi connectivity index (χ0n) is 9.66. The molecule has 8 heteroatoms. The number of hydrogen-bond donors (Lipinski definition) is 1. The topological polar surface area (TPSA) is 110 Å². The van der Waals surface area contributed by atoms with Crippen molar-refractivity contribution < 1.29 is 8.42 Å². The highest BCUT2D eigenvalue weighted by molar-refractivity contribution is 7.89. The van der Waals surface area contributed by atoms with E-state index in [0.717, 1.165) is 4.31 Å². The lowest BCUT2D eigenvalue weighted by Gasteiger charge is -2.17. The fourth-order valence-corrected chi connectivity index (χ4v) is 2.69. The molecule has 0 atom stereocenters. The van der Waals surface area contributed by atoms with E-state index < -0.39 is 10.0 Å². The van der Waals surface area contributed by atoms with E-state index in [4.69, 9.17) is 10.5 Å². The summed E-state index contributed by atoms with van der Waals surface area (Å²) in [6.07, 6.45) is 2.63. The largest absolute Gasteiger partial charge is 0.387 e. The van der Waals surface area contributed by atoms with Crippen molar-refractivity contribution in [1.29, 1.82) is 10.5 Å². The van der Waals surface area contributed by atoms with Crippen LogP contribution in [0.15, 0.2) is 23.4 Å². The molecule has 0 amide bonds. The molecule has 0 aliphatic heterocycles. The summed E-state index contributed by atoms with van der Waals surface area (Å²) in [5.41, 5.74) is 0.367. The molecule has 0 saturated heterocycles. The minimum atomic E-state index is -3.90. The first-order chi connectivity index (χ1) is 8.57. The van der Waals surface area contributed by atoms with Crippen molar-refractivity contribution in [1.82, 2.24) is 9.29 Å². The standard InChI is InChI=1S/C10H11N5O2S/c1-13-9-2-5-14-8-10(9)18(16,17)15(6-3-11)7-4-12/h2,5,8H,6-7H2,1H3,(H,13,14). The molecule has 0 aliphatic rings. The summed E-state index contributed by atoms with van der Waals surface area (Å²) in [6, 6.07) is 4.95. The van der Waals surface area contributed by atoms with Crippen LogP contribution < -0.4 is 5.32 Å². The normalized spacial score (nSPS) is 10.7. The van der Waals surface area contributed by atoms with Crippen LogP contribution >= 0.6 is 0 Å². The van der Waals surface area contributed by atoms with E-state index in [-0.39, 0.29) is 18.0 Å². The molecule has 0 aliphatic carbocycles. The third-order valence-corrected chi connectivity index (χ3v) is 3.98. The highest BCUT2D eigenvalue weighted by Crippen LogP contribution is 2.22. The maximum atomic E-state index is 12.2. The number of hydrogen-bond acceptors (Lipinski definition) is 6. The van der Waals surface area contributed by atoms with Gasteiger partial charge < -0.3 is 5.32 Å². The van der Waals surface area contributed by atoms with E-state index in [1.54, 1.807) is 19.2 Å². The van der Waals surface area contributed by atoms with Crippen molar-refractivity contribution in [2.45, 2.75) is 4.90 Å². The van der Waals surface area contributed by atoms with Gasteiger partial charge in [0, 0.05) is 19.4 Å². The monoisotopic (exact) mass is 265 g/mol. The van der Waals surface area contributed by atoms with Crippen molar-refractivity contribution in [3.8, 4) is 12.1 Å². The Morgan fingerprint density at radius 2 is 2.00 bits per heavy atom. The Hall–Kier alpha value is -2.16. The predicted molar refractivity (Wildman–Crippen MR) is 63.8 cm³/mol. The van der Waals surface area contributed by atoms with Gasteiger partial charge in [0.05, 0.1) is 17.8 Å². The van der Waals surface area contributed by atoms with Gasteiger partial charge in [-0.05, 0) is 6.07 Å². The summed E-state index contributed by atoms with van der Waals surface area (Å²) in [5, 5.41) is 19.9. The summed E-state index contributed by atoms with van der Waals surface area (Å²) < 4.78 is 25.3. The molecule has 0 radical (unpaired) electrons. The van der Waals surface area contributed by atoms with E-state index in [0.29, 0.717) is 5.69 Å². The molecule has 0 aromatic carbocycles. The van der Waals surface area contributed by atoms with Gasteiger partial charge in [-0.2, -0.15) is 14.8 Å². The lowest BCUT2D eigenvalue weighted by molar-refractivity contribution is 0.479. The van der Waals surface area contributed by atoms with Gasteiger partial charge in [0.1, 0.15) is 18.0 Å². The summed E-state index contributed by atoms with van der Waals surface area (Å²) in [4.78, 5) is 3.69. The molecule has 7 nitrogen and oxygen atoms in total. The Balaban J connectivity index is 3.28. The van der Waals surface area contributed by atoms with Gasteiger partial charge in [0.2, 0.25) is 10.0 Å². The van der Waals surface area contributed by atoms with Crippen LogP contribution in [0.25, 0.3) is 0 Å². The fraction of sp³-hybridized carbons (Fsp3) is 0.300. The number of anilines is 1. The Morgan fingerprint density at radius 1 is 1.39 bits per heavy atom. The first kappa shape index (κ1) is 13.9. The SMILES string of the molecule is CNc1ccncc1S(=O)(=O)N(CC#N)CC#N. The molecule has 18 heavy (non-hydrogen) atoms. The lowest BCUT2D eigenvalue weighted by atomic mass is 10.4. The number of nitrogens with zero attached hydrogens (tertiary/aromatic N) is 4. The van der Waals surface area contributed by atoms with Crippen LogP contribution in [0.2, 0.25) is 0 Å². The van der Waals surface area contributed by atoms with Gasteiger partial charge >= 0.3 is 0 Å². The van der Waals surface area contributed by atoms with Crippen LogP contribution in [0.4, 0.5) is 5.69 Å². The predicted octanol–water partition coefficient (Wildman–Crippen LogP) is 0.161. The minimum Gasteiger partial charge on any atom is -0.387 e. The Bertz CT molecular complexity index is 583. The molecular weight excluding hydrogens is 254 g/mol. The molecule has 1 N–H and O–H groups in total. The Morgan fingerprint density at radius 3 is 2.50 bits per heavy atom. The van der Waals surface area contributed by atoms with Crippen molar-refractivity contribution in [3.63, 3.8) is 0 Å². The lowest BCUT2D eigenvalue weighted by Crippen LogP contribution is -2.32. The third kappa shape index (κ3) is 2.74. The molecule has 94 valence electrons. The van der Waals surface area contributed by atoms with Gasteiger partial charge in [-0.3, -0.25) is 4.98 Å². The van der Waals surface area contributed by atoms with E-state index in [2.05, 4.69) is 10.3 Å². The maximum absolute atomic E-state index is 12.2.